The lowest BCUT2D eigenvalue weighted by Crippen LogP contribution is -2.04. The van der Waals surface area contributed by atoms with Crippen LogP contribution in [0.1, 0.15) is 5.82 Å². The minimum absolute atomic E-state index is 0.535. The molecule has 0 aliphatic carbocycles. The summed E-state index contributed by atoms with van der Waals surface area (Å²) in [4.78, 5) is 4.05. The molecule has 0 aromatic carbocycles. The average molecular weight is 175 g/mol. The maximum atomic E-state index is 5.43. The molecule has 1 aromatic heterocycles. The van der Waals surface area contributed by atoms with Crippen LogP contribution in [-0.4, -0.2) is 22.0 Å². The molecule has 0 saturated heterocycles. The van der Waals surface area contributed by atoms with Crippen LogP contribution in [0.25, 0.3) is 0 Å². The van der Waals surface area contributed by atoms with E-state index in [9.17, 15) is 0 Å². The Hall–Kier alpha value is -0.540. The molecule has 62 valence electrons. The maximum Gasteiger partial charge on any atom is 0.124 e. The first-order valence-corrected chi connectivity index (χ1v) is 3.99. The molecule has 0 atom stereocenters. The fourth-order valence-electron chi connectivity index (χ4n) is 0.758. The molecule has 0 aliphatic heterocycles. The molecule has 1 heterocycles. The second kappa shape index (κ2) is 4.36. The summed E-state index contributed by atoms with van der Waals surface area (Å²) in [5.41, 5.74) is 0. The van der Waals surface area contributed by atoms with Crippen molar-refractivity contribution < 1.29 is 4.74 Å². The normalized spacial score (nSPS) is 10.4. The number of imidazole rings is 1. The zero-order valence-corrected chi connectivity index (χ0v) is 7.21. The van der Waals surface area contributed by atoms with Gasteiger partial charge in [-0.15, -0.1) is 11.6 Å². The molecule has 0 saturated carbocycles. The van der Waals surface area contributed by atoms with Crippen molar-refractivity contribution in [2.75, 3.05) is 12.5 Å². The molecule has 0 unspecified atom stereocenters. The summed E-state index contributed by atoms with van der Waals surface area (Å²) >= 11 is 5.43. The Morgan fingerprint density at radius 3 is 3.09 bits per heavy atom. The lowest BCUT2D eigenvalue weighted by Gasteiger charge is -2.03. The quantitative estimate of drug-likeness (QED) is 0.510. The minimum atomic E-state index is 0.535. The molecule has 4 heteroatoms. The first-order chi connectivity index (χ1) is 5.34. The van der Waals surface area contributed by atoms with Crippen LogP contribution in [0.4, 0.5) is 0 Å². The van der Waals surface area contributed by atoms with Crippen molar-refractivity contribution in [3.63, 3.8) is 0 Å². The number of aryl methyl sites for hydroxylation is 1. The zero-order valence-electron chi connectivity index (χ0n) is 6.46. The van der Waals surface area contributed by atoms with Gasteiger partial charge in [-0.1, -0.05) is 0 Å². The highest BCUT2D eigenvalue weighted by molar-refractivity contribution is 6.17. The monoisotopic (exact) mass is 174 g/mol. The smallest absolute Gasteiger partial charge is 0.124 e. The molecule has 0 aliphatic rings. The topological polar surface area (TPSA) is 27.1 Å². The van der Waals surface area contributed by atoms with E-state index in [1.54, 1.807) is 6.20 Å². The number of hydrogen-bond donors (Lipinski definition) is 0. The summed E-state index contributed by atoms with van der Waals surface area (Å²) in [7, 11) is 0. The van der Waals surface area contributed by atoms with E-state index >= 15 is 0 Å². The first-order valence-electron chi connectivity index (χ1n) is 3.46. The molecule has 0 amide bonds. The van der Waals surface area contributed by atoms with Crippen LogP contribution in [-0.2, 0) is 11.5 Å². The Morgan fingerprint density at radius 1 is 1.73 bits per heavy atom. The molecule has 3 nitrogen and oxygen atoms in total. The fourth-order valence-corrected chi connectivity index (χ4v) is 0.867. The Kier molecular flexibility index (Phi) is 3.39. The van der Waals surface area contributed by atoms with Crippen LogP contribution < -0.4 is 0 Å². The summed E-state index contributed by atoms with van der Waals surface area (Å²) in [6.07, 6.45) is 3.63. The minimum Gasteiger partial charge on any atom is -0.360 e. The highest BCUT2D eigenvalue weighted by Crippen LogP contribution is 1.95. The van der Waals surface area contributed by atoms with Gasteiger partial charge in [0.05, 0.1) is 6.61 Å². The summed E-state index contributed by atoms with van der Waals surface area (Å²) < 4.78 is 7.12. The van der Waals surface area contributed by atoms with Crippen LogP contribution in [0.15, 0.2) is 12.4 Å². The van der Waals surface area contributed by atoms with E-state index in [2.05, 4.69) is 4.98 Å². The highest BCUT2D eigenvalue weighted by Gasteiger charge is 1.94. The molecule has 1 rings (SSSR count). The van der Waals surface area contributed by atoms with Gasteiger partial charge in [0.2, 0.25) is 0 Å². The summed E-state index contributed by atoms with van der Waals surface area (Å²) in [5.74, 6) is 1.49. The lowest BCUT2D eigenvalue weighted by atomic mass is 10.7. The SMILES string of the molecule is Cc1nccn1COCCCl. The van der Waals surface area contributed by atoms with Gasteiger partial charge in [0, 0.05) is 18.3 Å². The van der Waals surface area contributed by atoms with Gasteiger partial charge in [0.15, 0.2) is 0 Å². The number of halogens is 1. The molecule has 0 fully saturated rings. The van der Waals surface area contributed by atoms with Crippen molar-refractivity contribution in [3.8, 4) is 0 Å². The Bertz CT molecular complexity index is 212. The zero-order chi connectivity index (χ0) is 8.10. The standard InChI is InChI=1S/C7H11ClN2O/c1-7-9-3-4-10(7)6-11-5-2-8/h3-4H,2,5-6H2,1H3. The van der Waals surface area contributed by atoms with E-state index in [-0.39, 0.29) is 0 Å². The molecule has 0 radical (unpaired) electrons. The van der Waals surface area contributed by atoms with E-state index in [4.69, 9.17) is 16.3 Å². The number of alkyl halides is 1. The Labute approximate surface area is 70.9 Å². The first kappa shape index (κ1) is 8.56. The molecule has 11 heavy (non-hydrogen) atoms. The average Bonchev–Trinajstić information content (AvgIpc) is 2.37. The lowest BCUT2D eigenvalue weighted by molar-refractivity contribution is 0.0878. The largest absolute Gasteiger partial charge is 0.360 e. The maximum absolute atomic E-state index is 5.43. The van der Waals surface area contributed by atoms with Crippen molar-refractivity contribution in [2.24, 2.45) is 0 Å². The van der Waals surface area contributed by atoms with Crippen molar-refractivity contribution in [3.05, 3.63) is 18.2 Å². The Balaban J connectivity index is 2.32. The highest BCUT2D eigenvalue weighted by atomic mass is 35.5. The molecular formula is C7H11ClN2O. The van der Waals surface area contributed by atoms with Crippen molar-refractivity contribution in [1.82, 2.24) is 9.55 Å². The van der Waals surface area contributed by atoms with E-state index in [1.807, 2.05) is 17.7 Å². The summed E-state index contributed by atoms with van der Waals surface area (Å²) in [5, 5.41) is 0. The molecule has 0 bridgehead atoms. The van der Waals surface area contributed by atoms with Crippen molar-refractivity contribution in [1.29, 1.82) is 0 Å². The predicted octanol–water partition coefficient (Wildman–Crippen LogP) is 1.40. The van der Waals surface area contributed by atoms with Gasteiger partial charge in [-0.2, -0.15) is 0 Å². The Morgan fingerprint density at radius 2 is 2.55 bits per heavy atom. The third kappa shape index (κ3) is 2.52. The van der Waals surface area contributed by atoms with Gasteiger partial charge < -0.3 is 9.30 Å². The van der Waals surface area contributed by atoms with Crippen LogP contribution in [0, 0.1) is 6.92 Å². The second-order valence-corrected chi connectivity index (χ2v) is 2.55. The van der Waals surface area contributed by atoms with E-state index < -0.39 is 0 Å². The van der Waals surface area contributed by atoms with Crippen molar-refractivity contribution >= 4 is 11.6 Å². The van der Waals surface area contributed by atoms with Gasteiger partial charge >= 0.3 is 0 Å². The van der Waals surface area contributed by atoms with Gasteiger partial charge in [-0.05, 0) is 6.92 Å². The molecule has 0 N–H and O–H groups in total. The molecule has 0 spiro atoms. The number of aromatic nitrogens is 2. The van der Waals surface area contributed by atoms with Gasteiger partial charge in [0.25, 0.3) is 0 Å². The number of rotatable bonds is 4. The van der Waals surface area contributed by atoms with Crippen LogP contribution in [0.5, 0.6) is 0 Å². The van der Waals surface area contributed by atoms with Gasteiger partial charge in [-0.25, -0.2) is 4.98 Å². The van der Waals surface area contributed by atoms with E-state index in [0.29, 0.717) is 19.2 Å². The number of ether oxygens (including phenoxy) is 1. The summed E-state index contributed by atoms with van der Waals surface area (Å²) in [6, 6.07) is 0. The number of nitrogens with zero attached hydrogens (tertiary/aromatic N) is 2. The predicted molar refractivity (Wildman–Crippen MR) is 43.6 cm³/mol. The second-order valence-electron chi connectivity index (χ2n) is 2.17. The third-order valence-corrected chi connectivity index (χ3v) is 1.53. The van der Waals surface area contributed by atoms with Crippen LogP contribution in [0.3, 0.4) is 0 Å². The van der Waals surface area contributed by atoms with Crippen molar-refractivity contribution in [2.45, 2.75) is 13.7 Å². The van der Waals surface area contributed by atoms with Gasteiger partial charge in [0.1, 0.15) is 12.6 Å². The van der Waals surface area contributed by atoms with E-state index in [0.717, 1.165) is 5.82 Å². The molecular weight excluding hydrogens is 164 g/mol. The van der Waals surface area contributed by atoms with Crippen LogP contribution >= 0.6 is 11.6 Å². The number of hydrogen-bond acceptors (Lipinski definition) is 2. The van der Waals surface area contributed by atoms with Crippen LogP contribution in [0.2, 0.25) is 0 Å². The fraction of sp³-hybridized carbons (Fsp3) is 0.571. The molecule has 1 aromatic rings. The third-order valence-electron chi connectivity index (χ3n) is 1.38. The summed E-state index contributed by atoms with van der Waals surface area (Å²) in [6.45, 7) is 3.06. The van der Waals surface area contributed by atoms with Gasteiger partial charge in [-0.3, -0.25) is 0 Å². The van der Waals surface area contributed by atoms with E-state index in [1.165, 1.54) is 0 Å².